The molecule has 0 bridgehead atoms. The Labute approximate surface area is 114 Å². The fraction of sp³-hybridized carbons (Fsp3) is 0.417. The molecule has 1 unspecified atom stereocenters. The zero-order chi connectivity index (χ0) is 13.0. The first-order chi connectivity index (χ1) is 7.91. The van der Waals surface area contributed by atoms with Gasteiger partial charge in [-0.05, 0) is 24.6 Å². The van der Waals surface area contributed by atoms with Crippen molar-refractivity contribution in [2.24, 2.45) is 0 Å². The second-order valence-electron chi connectivity index (χ2n) is 3.92. The van der Waals surface area contributed by atoms with Crippen molar-refractivity contribution in [3.8, 4) is 0 Å². The third kappa shape index (κ3) is 4.28. The van der Waals surface area contributed by atoms with Crippen molar-refractivity contribution < 1.29 is 9.18 Å². The van der Waals surface area contributed by atoms with E-state index in [1.54, 1.807) is 7.05 Å². The maximum Gasteiger partial charge on any atom is 0.256 e. The van der Waals surface area contributed by atoms with E-state index in [1.807, 2.05) is 6.92 Å². The molecule has 1 aromatic rings. The lowest BCUT2D eigenvalue weighted by molar-refractivity contribution is 0.0789. The summed E-state index contributed by atoms with van der Waals surface area (Å²) < 4.78 is 13.5. The van der Waals surface area contributed by atoms with Crippen molar-refractivity contribution in [2.45, 2.75) is 18.2 Å². The van der Waals surface area contributed by atoms with Crippen molar-refractivity contribution in [3.63, 3.8) is 0 Å². The number of rotatable bonds is 4. The summed E-state index contributed by atoms with van der Waals surface area (Å²) in [5.41, 5.74) is 0.0159. The summed E-state index contributed by atoms with van der Waals surface area (Å²) in [4.78, 5) is 13.8. The Kier molecular flexibility index (Phi) is 5.40. The summed E-state index contributed by atoms with van der Waals surface area (Å²) in [7, 11) is 1.65. The second-order valence-corrected chi connectivity index (χ2v) is 5.92. The standard InChI is InChI=1S/C12H14BrClFNO/c1-8(13)5-6-16(2)12(17)10-7-9(14)3-4-11(10)15/h3-4,7-8H,5-6H2,1-2H3. The zero-order valence-electron chi connectivity index (χ0n) is 9.71. The minimum absolute atomic E-state index is 0.0159. The molecule has 1 rings (SSSR count). The van der Waals surface area contributed by atoms with E-state index in [2.05, 4.69) is 15.9 Å². The molecule has 2 nitrogen and oxygen atoms in total. The van der Waals surface area contributed by atoms with Crippen LogP contribution in [0.5, 0.6) is 0 Å². The van der Waals surface area contributed by atoms with Gasteiger partial charge in [0.1, 0.15) is 5.82 Å². The van der Waals surface area contributed by atoms with E-state index in [4.69, 9.17) is 11.6 Å². The number of benzene rings is 1. The van der Waals surface area contributed by atoms with Crippen LogP contribution in [0.25, 0.3) is 0 Å². The number of nitrogens with zero attached hydrogens (tertiary/aromatic N) is 1. The normalized spacial score (nSPS) is 12.3. The third-order valence-electron chi connectivity index (χ3n) is 2.37. The van der Waals surface area contributed by atoms with Gasteiger partial charge in [0.15, 0.2) is 0 Å². The molecule has 5 heteroatoms. The first-order valence-corrected chi connectivity index (χ1v) is 6.55. The summed E-state index contributed by atoms with van der Waals surface area (Å²) in [5.74, 6) is -0.892. The largest absolute Gasteiger partial charge is 0.342 e. The predicted octanol–water partition coefficient (Wildman–Crippen LogP) is 3.72. The van der Waals surface area contributed by atoms with Gasteiger partial charge in [-0.15, -0.1) is 0 Å². The molecule has 0 radical (unpaired) electrons. The Hall–Kier alpha value is -0.610. The van der Waals surface area contributed by atoms with Gasteiger partial charge in [0.2, 0.25) is 0 Å². The minimum atomic E-state index is -0.543. The maximum absolute atomic E-state index is 13.5. The van der Waals surface area contributed by atoms with Crippen molar-refractivity contribution in [3.05, 3.63) is 34.6 Å². The first-order valence-electron chi connectivity index (χ1n) is 5.26. The molecule has 0 fully saturated rings. The highest BCUT2D eigenvalue weighted by atomic mass is 79.9. The molecule has 1 amide bonds. The fourth-order valence-corrected chi connectivity index (χ4v) is 1.72. The molecule has 0 heterocycles. The van der Waals surface area contributed by atoms with E-state index < -0.39 is 5.82 Å². The van der Waals surface area contributed by atoms with Gasteiger partial charge >= 0.3 is 0 Å². The lowest BCUT2D eigenvalue weighted by Gasteiger charge is -2.18. The monoisotopic (exact) mass is 321 g/mol. The van der Waals surface area contributed by atoms with Crippen LogP contribution in [0.4, 0.5) is 4.39 Å². The average Bonchev–Trinajstić information content (AvgIpc) is 2.28. The SMILES string of the molecule is CC(Br)CCN(C)C(=O)c1cc(Cl)ccc1F. The molecule has 94 valence electrons. The molecule has 0 N–H and O–H groups in total. The van der Waals surface area contributed by atoms with Crippen molar-refractivity contribution in [1.82, 2.24) is 4.90 Å². The molecule has 0 aliphatic heterocycles. The third-order valence-corrected chi connectivity index (χ3v) is 3.06. The van der Waals surface area contributed by atoms with Crippen LogP contribution in [-0.4, -0.2) is 29.2 Å². The smallest absolute Gasteiger partial charge is 0.256 e. The van der Waals surface area contributed by atoms with Crippen LogP contribution in [0, 0.1) is 5.82 Å². The van der Waals surface area contributed by atoms with Crippen LogP contribution in [0.2, 0.25) is 5.02 Å². The van der Waals surface area contributed by atoms with Crippen LogP contribution in [0.3, 0.4) is 0 Å². The highest BCUT2D eigenvalue weighted by Crippen LogP contribution is 2.16. The summed E-state index contributed by atoms with van der Waals surface area (Å²) in [5, 5.41) is 0.358. The van der Waals surface area contributed by atoms with Crippen molar-refractivity contribution in [1.29, 1.82) is 0 Å². The molecular weight excluding hydrogens is 308 g/mol. The zero-order valence-corrected chi connectivity index (χ0v) is 12.1. The lowest BCUT2D eigenvalue weighted by atomic mass is 10.2. The summed E-state index contributed by atoms with van der Waals surface area (Å²) in [6, 6.07) is 3.98. The number of carbonyl (C=O) groups excluding carboxylic acids is 1. The van der Waals surface area contributed by atoms with Gasteiger partial charge in [-0.2, -0.15) is 0 Å². The summed E-state index contributed by atoms with van der Waals surface area (Å²) in [6.07, 6.45) is 0.810. The van der Waals surface area contributed by atoms with Gasteiger partial charge in [-0.3, -0.25) is 4.79 Å². The van der Waals surface area contributed by atoms with Crippen LogP contribution in [0.1, 0.15) is 23.7 Å². The summed E-state index contributed by atoms with van der Waals surface area (Å²) in [6.45, 7) is 2.56. The van der Waals surface area contributed by atoms with Crippen LogP contribution < -0.4 is 0 Å². The molecular formula is C12H14BrClFNO. The number of carbonyl (C=O) groups is 1. The number of alkyl halides is 1. The number of hydrogen-bond acceptors (Lipinski definition) is 1. The molecule has 0 saturated carbocycles. The Bertz CT molecular complexity index is 411. The molecule has 0 aliphatic carbocycles. The van der Waals surface area contributed by atoms with Gasteiger partial charge in [-0.1, -0.05) is 34.5 Å². The Morgan fingerprint density at radius 2 is 2.24 bits per heavy atom. The van der Waals surface area contributed by atoms with E-state index in [0.717, 1.165) is 6.42 Å². The van der Waals surface area contributed by atoms with E-state index in [-0.39, 0.29) is 11.5 Å². The van der Waals surface area contributed by atoms with Crippen molar-refractivity contribution >= 4 is 33.4 Å². The quantitative estimate of drug-likeness (QED) is 0.774. The Balaban J connectivity index is 2.78. The second kappa shape index (κ2) is 6.36. The van der Waals surface area contributed by atoms with Crippen LogP contribution >= 0.6 is 27.5 Å². The minimum Gasteiger partial charge on any atom is -0.342 e. The molecule has 0 aliphatic rings. The van der Waals surface area contributed by atoms with Gasteiger partial charge in [0, 0.05) is 23.4 Å². The van der Waals surface area contributed by atoms with E-state index >= 15 is 0 Å². The average molecular weight is 323 g/mol. The molecule has 0 aromatic heterocycles. The topological polar surface area (TPSA) is 20.3 Å². The summed E-state index contributed by atoms with van der Waals surface area (Å²) >= 11 is 9.15. The molecule has 0 spiro atoms. The van der Waals surface area contributed by atoms with Gasteiger partial charge in [0.25, 0.3) is 5.91 Å². The van der Waals surface area contributed by atoms with E-state index in [0.29, 0.717) is 16.4 Å². The van der Waals surface area contributed by atoms with Gasteiger partial charge in [-0.25, -0.2) is 4.39 Å². The molecule has 1 aromatic carbocycles. The van der Waals surface area contributed by atoms with E-state index in [9.17, 15) is 9.18 Å². The van der Waals surface area contributed by atoms with Gasteiger partial charge < -0.3 is 4.90 Å². The Morgan fingerprint density at radius 3 is 2.82 bits per heavy atom. The van der Waals surface area contributed by atoms with Crippen LogP contribution in [0.15, 0.2) is 18.2 Å². The molecule has 0 saturated heterocycles. The van der Waals surface area contributed by atoms with E-state index in [1.165, 1.54) is 23.1 Å². The van der Waals surface area contributed by atoms with Gasteiger partial charge in [0.05, 0.1) is 5.56 Å². The number of halogens is 3. The fourth-order valence-electron chi connectivity index (χ4n) is 1.34. The predicted molar refractivity (Wildman–Crippen MR) is 71.4 cm³/mol. The number of amides is 1. The number of hydrogen-bond donors (Lipinski definition) is 0. The highest BCUT2D eigenvalue weighted by Gasteiger charge is 2.16. The molecule has 17 heavy (non-hydrogen) atoms. The molecule has 1 atom stereocenters. The first kappa shape index (κ1) is 14.5. The van der Waals surface area contributed by atoms with Crippen LogP contribution in [-0.2, 0) is 0 Å². The Morgan fingerprint density at radius 1 is 1.59 bits per heavy atom. The lowest BCUT2D eigenvalue weighted by Crippen LogP contribution is -2.29. The van der Waals surface area contributed by atoms with Crippen molar-refractivity contribution in [2.75, 3.05) is 13.6 Å². The maximum atomic E-state index is 13.5. The highest BCUT2D eigenvalue weighted by molar-refractivity contribution is 9.09.